The molecule has 8 heteroatoms. The Morgan fingerprint density at radius 2 is 2.00 bits per heavy atom. The van der Waals surface area contributed by atoms with Gasteiger partial charge in [-0.25, -0.2) is 9.18 Å². The zero-order valence-electron chi connectivity index (χ0n) is 15.1. The van der Waals surface area contributed by atoms with Crippen molar-refractivity contribution in [3.63, 3.8) is 0 Å². The topological polar surface area (TPSA) is 79.0 Å². The number of carbonyl (C=O) groups is 3. The molecule has 2 aliphatic rings. The van der Waals surface area contributed by atoms with Crippen LogP contribution < -0.4 is 15.1 Å². The number of fused-ring (bicyclic) bond motifs is 1. The zero-order chi connectivity index (χ0) is 19.8. The van der Waals surface area contributed by atoms with Crippen LogP contribution in [0.4, 0.5) is 20.6 Å². The second-order valence-corrected chi connectivity index (χ2v) is 6.74. The first kappa shape index (κ1) is 18.0. The van der Waals surface area contributed by atoms with E-state index in [1.165, 1.54) is 28.9 Å². The van der Waals surface area contributed by atoms with Crippen molar-refractivity contribution in [2.24, 2.45) is 0 Å². The Kier molecular flexibility index (Phi) is 4.46. The van der Waals surface area contributed by atoms with Crippen molar-refractivity contribution in [2.75, 3.05) is 22.9 Å². The Balaban J connectivity index is 1.52. The number of benzene rings is 2. The lowest BCUT2D eigenvalue weighted by molar-refractivity contribution is -0.119. The summed E-state index contributed by atoms with van der Waals surface area (Å²) in [5.41, 5.74) is 1.91. The Morgan fingerprint density at radius 1 is 1.21 bits per heavy atom. The van der Waals surface area contributed by atoms with Gasteiger partial charge in [-0.2, -0.15) is 0 Å². The van der Waals surface area contributed by atoms with Gasteiger partial charge in [-0.05, 0) is 29.8 Å². The van der Waals surface area contributed by atoms with Gasteiger partial charge in [0, 0.05) is 12.5 Å². The molecule has 28 heavy (non-hydrogen) atoms. The molecule has 0 unspecified atom stereocenters. The number of carbonyl (C=O) groups excluding carboxylic acids is 3. The van der Waals surface area contributed by atoms with Crippen LogP contribution in [-0.2, 0) is 16.1 Å². The predicted octanol–water partition coefficient (Wildman–Crippen LogP) is 2.45. The van der Waals surface area contributed by atoms with Gasteiger partial charge in [0.25, 0.3) is 5.91 Å². The van der Waals surface area contributed by atoms with Crippen LogP contribution in [-0.4, -0.2) is 37.1 Å². The third-order valence-corrected chi connectivity index (χ3v) is 4.81. The molecule has 3 amide bonds. The van der Waals surface area contributed by atoms with Crippen LogP contribution in [0.15, 0.2) is 42.5 Å². The fraction of sp³-hybridized carbons (Fsp3) is 0.250. The summed E-state index contributed by atoms with van der Waals surface area (Å²) < 4.78 is 20.0. The standard InChI is InChI=1S/C20H18FN3O4/c1-12(25)22-9-15-11-23(20(27)28-15)14-6-7-18(17(21)8-14)24-10-13-4-2-3-5-16(13)19(24)26/h2-8,15H,9-11H2,1H3,(H,22,25)/t15-/m0/s1. The molecule has 0 aromatic heterocycles. The molecule has 0 bridgehead atoms. The van der Waals surface area contributed by atoms with E-state index in [1.807, 2.05) is 12.1 Å². The van der Waals surface area contributed by atoms with E-state index in [4.69, 9.17) is 4.74 Å². The van der Waals surface area contributed by atoms with Gasteiger partial charge in [-0.1, -0.05) is 18.2 Å². The summed E-state index contributed by atoms with van der Waals surface area (Å²) in [6.07, 6.45) is -1.11. The Labute approximate surface area is 160 Å². The molecular formula is C20H18FN3O4. The molecule has 144 valence electrons. The molecule has 0 spiro atoms. The van der Waals surface area contributed by atoms with Gasteiger partial charge in [0.1, 0.15) is 11.9 Å². The summed E-state index contributed by atoms with van der Waals surface area (Å²) in [6, 6.07) is 11.5. The van der Waals surface area contributed by atoms with E-state index in [9.17, 15) is 18.8 Å². The van der Waals surface area contributed by atoms with Crippen molar-refractivity contribution >= 4 is 29.3 Å². The summed E-state index contributed by atoms with van der Waals surface area (Å²) >= 11 is 0. The van der Waals surface area contributed by atoms with E-state index < -0.39 is 18.0 Å². The second-order valence-electron chi connectivity index (χ2n) is 6.74. The molecule has 1 N–H and O–H groups in total. The quantitative estimate of drug-likeness (QED) is 0.880. The maximum atomic E-state index is 14.8. The summed E-state index contributed by atoms with van der Waals surface area (Å²) in [4.78, 5) is 38.3. The second kappa shape index (κ2) is 6.95. The number of hydrogen-bond donors (Lipinski definition) is 1. The monoisotopic (exact) mass is 383 g/mol. The van der Waals surface area contributed by atoms with Crippen LogP contribution in [0, 0.1) is 5.82 Å². The molecule has 2 aromatic rings. The normalized spacial score (nSPS) is 18.3. The van der Waals surface area contributed by atoms with E-state index in [2.05, 4.69) is 5.32 Å². The van der Waals surface area contributed by atoms with Crippen molar-refractivity contribution in [3.8, 4) is 0 Å². The first-order valence-corrected chi connectivity index (χ1v) is 8.86. The highest BCUT2D eigenvalue weighted by Gasteiger charge is 2.34. The lowest BCUT2D eigenvalue weighted by atomic mass is 10.1. The maximum Gasteiger partial charge on any atom is 0.414 e. The number of rotatable bonds is 4. The summed E-state index contributed by atoms with van der Waals surface area (Å²) in [5, 5.41) is 2.59. The van der Waals surface area contributed by atoms with Crippen LogP contribution in [0.1, 0.15) is 22.8 Å². The zero-order valence-corrected chi connectivity index (χ0v) is 15.1. The third kappa shape index (κ3) is 3.17. The van der Waals surface area contributed by atoms with Crippen LogP contribution in [0.2, 0.25) is 0 Å². The van der Waals surface area contributed by atoms with Crippen molar-refractivity contribution in [1.29, 1.82) is 0 Å². The first-order chi connectivity index (χ1) is 13.4. The number of hydrogen-bond acceptors (Lipinski definition) is 4. The molecule has 2 aliphatic heterocycles. The van der Waals surface area contributed by atoms with E-state index >= 15 is 0 Å². The minimum Gasteiger partial charge on any atom is -0.442 e. The van der Waals surface area contributed by atoms with Crippen LogP contribution in [0.5, 0.6) is 0 Å². The molecule has 1 fully saturated rings. The number of cyclic esters (lactones) is 1. The van der Waals surface area contributed by atoms with Gasteiger partial charge >= 0.3 is 6.09 Å². The molecule has 4 rings (SSSR count). The van der Waals surface area contributed by atoms with Gasteiger partial charge in [0.05, 0.1) is 31.0 Å². The van der Waals surface area contributed by atoms with Gasteiger partial charge < -0.3 is 15.0 Å². The fourth-order valence-electron chi connectivity index (χ4n) is 3.43. The number of anilines is 2. The van der Waals surface area contributed by atoms with Crippen molar-refractivity contribution in [2.45, 2.75) is 19.6 Å². The average molecular weight is 383 g/mol. The Morgan fingerprint density at radius 3 is 2.71 bits per heavy atom. The Hall–Kier alpha value is -3.42. The highest BCUT2D eigenvalue weighted by atomic mass is 19.1. The average Bonchev–Trinajstić information content (AvgIpc) is 3.20. The smallest absolute Gasteiger partial charge is 0.414 e. The number of amides is 3. The number of nitrogens with zero attached hydrogens (tertiary/aromatic N) is 2. The molecule has 2 heterocycles. The molecule has 0 saturated carbocycles. The van der Waals surface area contributed by atoms with Crippen molar-refractivity contribution in [3.05, 3.63) is 59.4 Å². The van der Waals surface area contributed by atoms with Gasteiger partial charge in [0.15, 0.2) is 0 Å². The van der Waals surface area contributed by atoms with Gasteiger partial charge in [-0.15, -0.1) is 0 Å². The van der Waals surface area contributed by atoms with Gasteiger partial charge in [-0.3, -0.25) is 14.5 Å². The highest BCUT2D eigenvalue weighted by Crippen LogP contribution is 2.33. The van der Waals surface area contributed by atoms with E-state index in [1.54, 1.807) is 18.2 Å². The summed E-state index contributed by atoms with van der Waals surface area (Å²) in [7, 11) is 0. The largest absolute Gasteiger partial charge is 0.442 e. The molecule has 0 radical (unpaired) electrons. The lowest BCUT2D eigenvalue weighted by Gasteiger charge is -2.19. The fourth-order valence-corrected chi connectivity index (χ4v) is 3.43. The van der Waals surface area contributed by atoms with E-state index in [0.29, 0.717) is 17.8 Å². The first-order valence-electron chi connectivity index (χ1n) is 8.86. The molecule has 1 saturated heterocycles. The molecular weight excluding hydrogens is 365 g/mol. The molecule has 7 nitrogen and oxygen atoms in total. The summed E-state index contributed by atoms with van der Waals surface area (Å²) in [5.74, 6) is -1.07. The molecule has 1 atom stereocenters. The van der Waals surface area contributed by atoms with Crippen LogP contribution in [0.3, 0.4) is 0 Å². The number of ether oxygens (including phenoxy) is 1. The SMILES string of the molecule is CC(=O)NC[C@H]1CN(c2ccc(N3Cc4ccccc4C3=O)c(F)c2)C(=O)O1. The minimum absolute atomic E-state index is 0.160. The predicted molar refractivity (Wildman–Crippen MR) is 99.7 cm³/mol. The molecule has 0 aliphatic carbocycles. The molecule has 2 aromatic carbocycles. The maximum absolute atomic E-state index is 14.8. The van der Waals surface area contributed by atoms with E-state index in [-0.39, 0.29) is 30.6 Å². The minimum atomic E-state index is -0.604. The number of nitrogens with one attached hydrogen (secondary N) is 1. The van der Waals surface area contributed by atoms with Crippen LogP contribution in [0.25, 0.3) is 0 Å². The Bertz CT molecular complexity index is 978. The third-order valence-electron chi connectivity index (χ3n) is 4.81. The van der Waals surface area contributed by atoms with Crippen molar-refractivity contribution < 1.29 is 23.5 Å². The lowest BCUT2D eigenvalue weighted by Crippen LogP contribution is -2.33. The van der Waals surface area contributed by atoms with Crippen molar-refractivity contribution in [1.82, 2.24) is 5.32 Å². The van der Waals surface area contributed by atoms with Crippen LogP contribution >= 0.6 is 0 Å². The number of halogens is 1. The van der Waals surface area contributed by atoms with Gasteiger partial charge in [0.2, 0.25) is 5.91 Å². The highest BCUT2D eigenvalue weighted by molar-refractivity contribution is 6.10. The van der Waals surface area contributed by atoms with E-state index in [0.717, 1.165) is 5.56 Å². The summed E-state index contributed by atoms with van der Waals surface area (Å²) in [6.45, 7) is 2.07.